The van der Waals surface area contributed by atoms with Crippen LogP contribution in [0.25, 0.3) is 0 Å². The molecule has 0 bridgehead atoms. The topological polar surface area (TPSA) is 61.8 Å². The normalized spacial score (nSPS) is 15.5. The highest BCUT2D eigenvalue weighted by Gasteiger charge is 2.26. The molecule has 3 rings (SSSR count). The number of likely N-dealkylation sites (tertiary alicyclic amines) is 1. The fourth-order valence-electron chi connectivity index (χ4n) is 3.94. The number of rotatable bonds is 8. The highest BCUT2D eigenvalue weighted by molar-refractivity contribution is 14.0. The lowest BCUT2D eigenvalue weighted by atomic mass is 10.0. The molecule has 30 heavy (non-hydrogen) atoms. The monoisotopic (exact) mass is 543 g/mol. The minimum atomic E-state index is 0. The molecule has 1 unspecified atom stereocenters. The van der Waals surface area contributed by atoms with E-state index in [4.69, 9.17) is 4.74 Å². The molecule has 6 nitrogen and oxygen atoms in total. The van der Waals surface area contributed by atoms with Crippen LogP contribution in [0.2, 0.25) is 0 Å². The number of nitrogens with zero attached hydrogens (tertiary/aromatic N) is 3. The number of guanidine groups is 1. The molecule has 0 radical (unpaired) electrons. The minimum absolute atomic E-state index is 0. The quantitative estimate of drug-likeness (QED) is 0.300. The van der Waals surface area contributed by atoms with Gasteiger partial charge in [-0.15, -0.1) is 35.3 Å². The maximum Gasteiger partial charge on any atom is 0.191 e. The summed E-state index contributed by atoms with van der Waals surface area (Å²) in [5.74, 6) is 1.79. The number of para-hydroxylation sites is 1. The number of aliphatic imine (C=N–C) groups is 1. The molecule has 0 spiro atoms. The summed E-state index contributed by atoms with van der Waals surface area (Å²) in [5, 5.41) is 8.11. The first kappa shape index (κ1) is 24.9. The van der Waals surface area contributed by atoms with Crippen LogP contribution in [0.3, 0.4) is 0 Å². The first-order chi connectivity index (χ1) is 14.1. The van der Waals surface area contributed by atoms with Crippen molar-refractivity contribution >= 4 is 41.3 Å². The summed E-state index contributed by atoms with van der Waals surface area (Å²) in [6.07, 6.45) is 3.47. The molecular formula is C22H34IN5OS. The number of halogens is 1. The summed E-state index contributed by atoms with van der Waals surface area (Å²) < 4.78 is 5.64. The maximum absolute atomic E-state index is 5.64. The Morgan fingerprint density at radius 2 is 1.97 bits per heavy atom. The van der Waals surface area contributed by atoms with Crippen LogP contribution in [0.1, 0.15) is 40.0 Å². The fraction of sp³-hybridized carbons (Fsp3) is 0.545. The number of ether oxygens (including phenoxy) is 1. The fourth-order valence-corrected chi connectivity index (χ4v) is 4.88. The first-order valence-electron chi connectivity index (χ1n) is 10.4. The van der Waals surface area contributed by atoms with E-state index in [1.807, 2.05) is 19.2 Å². The van der Waals surface area contributed by atoms with Gasteiger partial charge in [0.25, 0.3) is 0 Å². The average molecular weight is 544 g/mol. The zero-order valence-corrected chi connectivity index (χ0v) is 21.5. The number of methoxy groups -OCH3 is 1. The molecule has 2 heterocycles. The maximum atomic E-state index is 5.64. The van der Waals surface area contributed by atoms with Crippen LogP contribution in [-0.2, 0) is 6.42 Å². The second-order valence-electron chi connectivity index (χ2n) is 7.37. The Kier molecular flexibility index (Phi) is 10.3. The summed E-state index contributed by atoms with van der Waals surface area (Å²) >= 11 is 1.78. The Balaban J connectivity index is 0.00000320. The van der Waals surface area contributed by atoms with Gasteiger partial charge < -0.3 is 15.4 Å². The third-order valence-electron chi connectivity index (χ3n) is 5.41. The predicted octanol–water partition coefficient (Wildman–Crippen LogP) is 3.93. The van der Waals surface area contributed by atoms with E-state index in [0.717, 1.165) is 55.0 Å². The van der Waals surface area contributed by atoms with Gasteiger partial charge in [0.05, 0.1) is 23.9 Å². The summed E-state index contributed by atoms with van der Waals surface area (Å²) in [6.45, 7) is 8.02. The van der Waals surface area contributed by atoms with Crippen molar-refractivity contribution in [2.45, 2.75) is 39.2 Å². The lowest BCUT2D eigenvalue weighted by Gasteiger charge is -2.30. The summed E-state index contributed by atoms with van der Waals surface area (Å²) in [5.41, 5.74) is 2.37. The lowest BCUT2D eigenvalue weighted by molar-refractivity contribution is 0.239. The van der Waals surface area contributed by atoms with Crippen LogP contribution in [0.15, 0.2) is 29.3 Å². The van der Waals surface area contributed by atoms with Crippen LogP contribution in [-0.4, -0.2) is 56.2 Å². The standard InChI is InChI=1S/C22H33N5OS.HI/c1-16-21(29-17(2)26-16)11-12-24-22(23-3)25-15-19(27-13-7-8-14-27)18-9-5-6-10-20(18)28-4;/h5-6,9-10,19H,7-8,11-15H2,1-4H3,(H2,23,24,25);1H. The van der Waals surface area contributed by atoms with Gasteiger partial charge in [0.2, 0.25) is 0 Å². The number of nitrogens with one attached hydrogen (secondary N) is 2. The van der Waals surface area contributed by atoms with Gasteiger partial charge in [0, 0.05) is 37.0 Å². The van der Waals surface area contributed by atoms with Crippen molar-refractivity contribution in [1.82, 2.24) is 20.5 Å². The van der Waals surface area contributed by atoms with Crippen LogP contribution in [0, 0.1) is 13.8 Å². The largest absolute Gasteiger partial charge is 0.496 e. The smallest absolute Gasteiger partial charge is 0.191 e. The van der Waals surface area contributed by atoms with Gasteiger partial charge in [0.1, 0.15) is 5.75 Å². The molecule has 166 valence electrons. The van der Waals surface area contributed by atoms with Crippen molar-refractivity contribution in [2.75, 3.05) is 40.3 Å². The molecular weight excluding hydrogens is 509 g/mol. The molecule has 0 aliphatic carbocycles. The van der Waals surface area contributed by atoms with Gasteiger partial charge in [-0.05, 0) is 45.8 Å². The first-order valence-corrected chi connectivity index (χ1v) is 11.2. The molecule has 1 aliphatic rings. The molecule has 1 saturated heterocycles. The highest BCUT2D eigenvalue weighted by atomic mass is 127. The number of aryl methyl sites for hydroxylation is 2. The molecule has 1 fully saturated rings. The Bertz CT molecular complexity index is 820. The van der Waals surface area contributed by atoms with Gasteiger partial charge in [-0.1, -0.05) is 18.2 Å². The summed E-state index contributed by atoms with van der Waals surface area (Å²) in [6, 6.07) is 8.60. The zero-order valence-electron chi connectivity index (χ0n) is 18.4. The number of hydrogen-bond acceptors (Lipinski definition) is 5. The van der Waals surface area contributed by atoms with E-state index in [9.17, 15) is 0 Å². The second-order valence-corrected chi connectivity index (χ2v) is 8.66. The van der Waals surface area contributed by atoms with Crippen molar-refractivity contribution in [1.29, 1.82) is 0 Å². The third kappa shape index (κ3) is 6.55. The summed E-state index contributed by atoms with van der Waals surface area (Å²) in [4.78, 5) is 12.8. The Morgan fingerprint density at radius 3 is 2.60 bits per heavy atom. The van der Waals surface area contributed by atoms with Gasteiger partial charge in [-0.2, -0.15) is 0 Å². The third-order valence-corrected chi connectivity index (χ3v) is 6.54. The average Bonchev–Trinajstić information content (AvgIpc) is 3.37. The minimum Gasteiger partial charge on any atom is -0.496 e. The number of aromatic nitrogens is 1. The summed E-state index contributed by atoms with van der Waals surface area (Å²) in [7, 11) is 3.57. The molecule has 1 atom stereocenters. The molecule has 0 amide bonds. The zero-order chi connectivity index (χ0) is 20.6. The molecule has 1 aromatic carbocycles. The van der Waals surface area contributed by atoms with Crippen LogP contribution >= 0.6 is 35.3 Å². The van der Waals surface area contributed by atoms with Gasteiger partial charge >= 0.3 is 0 Å². The van der Waals surface area contributed by atoms with Crippen molar-refractivity contribution in [3.8, 4) is 5.75 Å². The molecule has 8 heteroatoms. The van der Waals surface area contributed by atoms with Crippen LogP contribution < -0.4 is 15.4 Å². The van der Waals surface area contributed by atoms with E-state index in [0.29, 0.717) is 0 Å². The highest BCUT2D eigenvalue weighted by Crippen LogP contribution is 2.31. The SMILES string of the molecule is CN=C(NCCc1sc(C)nc1C)NCC(c1ccccc1OC)N1CCCC1.I. The Morgan fingerprint density at radius 1 is 1.23 bits per heavy atom. The van der Waals surface area contributed by atoms with Gasteiger partial charge in [-0.3, -0.25) is 9.89 Å². The molecule has 2 N–H and O–H groups in total. The van der Waals surface area contributed by atoms with Crippen molar-refractivity contribution in [3.05, 3.63) is 45.4 Å². The van der Waals surface area contributed by atoms with Gasteiger partial charge in [-0.25, -0.2) is 4.98 Å². The number of benzene rings is 1. The van der Waals surface area contributed by atoms with E-state index in [1.165, 1.54) is 23.3 Å². The predicted molar refractivity (Wildman–Crippen MR) is 137 cm³/mol. The van der Waals surface area contributed by atoms with Crippen LogP contribution in [0.5, 0.6) is 5.75 Å². The van der Waals surface area contributed by atoms with Crippen molar-refractivity contribution in [3.63, 3.8) is 0 Å². The second kappa shape index (κ2) is 12.5. The van der Waals surface area contributed by atoms with E-state index in [-0.39, 0.29) is 30.0 Å². The number of hydrogen-bond donors (Lipinski definition) is 2. The molecule has 1 aromatic heterocycles. The molecule has 0 saturated carbocycles. The van der Waals surface area contributed by atoms with E-state index in [2.05, 4.69) is 51.5 Å². The lowest BCUT2D eigenvalue weighted by Crippen LogP contribution is -2.43. The van der Waals surface area contributed by atoms with E-state index >= 15 is 0 Å². The van der Waals surface area contributed by atoms with Crippen molar-refractivity contribution < 1.29 is 4.74 Å². The van der Waals surface area contributed by atoms with E-state index in [1.54, 1.807) is 18.4 Å². The molecule has 2 aromatic rings. The van der Waals surface area contributed by atoms with Crippen molar-refractivity contribution in [2.24, 2.45) is 4.99 Å². The Hall–Kier alpha value is -1.39. The molecule has 1 aliphatic heterocycles. The number of thiazole rings is 1. The van der Waals surface area contributed by atoms with Gasteiger partial charge in [0.15, 0.2) is 5.96 Å². The van der Waals surface area contributed by atoms with Crippen LogP contribution in [0.4, 0.5) is 0 Å². The Labute approximate surface area is 201 Å². The van der Waals surface area contributed by atoms with E-state index < -0.39 is 0 Å².